The molecule has 9 heteroatoms. The maximum Gasteiger partial charge on any atom is 0.266 e. The average Bonchev–Trinajstić information content (AvgIpc) is 3.23. The van der Waals surface area contributed by atoms with E-state index in [1.807, 2.05) is 25.3 Å². The van der Waals surface area contributed by atoms with Crippen LogP contribution >= 0.6 is 11.3 Å². The van der Waals surface area contributed by atoms with E-state index in [9.17, 15) is 13.2 Å². The van der Waals surface area contributed by atoms with Crippen molar-refractivity contribution in [3.8, 4) is 5.75 Å². The van der Waals surface area contributed by atoms with Crippen LogP contribution in [0.25, 0.3) is 21.0 Å². The highest BCUT2D eigenvalue weighted by Gasteiger charge is 2.45. The second kappa shape index (κ2) is 8.13. The fraction of sp³-hybridized carbons (Fsp3) is 0.348. The van der Waals surface area contributed by atoms with Crippen LogP contribution in [0.4, 0.5) is 4.39 Å². The number of H-pyrrole nitrogens is 1. The molecule has 0 saturated heterocycles. The Balaban J connectivity index is 2.01. The number of pyridine rings is 1. The first-order valence-corrected chi connectivity index (χ1v) is 12.9. The number of sulfonamides is 1. The molecular formula is C23H25FN2O4S2. The molecule has 1 aliphatic carbocycles. The number of hydrogen-bond acceptors (Lipinski definition) is 5. The summed E-state index contributed by atoms with van der Waals surface area (Å²) in [5.74, 6) is -0.648. The normalized spacial score (nSPS) is 22.0. The van der Waals surface area contributed by atoms with Gasteiger partial charge >= 0.3 is 0 Å². The van der Waals surface area contributed by atoms with Crippen LogP contribution in [0.15, 0.2) is 46.6 Å². The Morgan fingerprint density at radius 1 is 1.38 bits per heavy atom. The number of aromatic nitrogens is 1. The van der Waals surface area contributed by atoms with Gasteiger partial charge in [0.2, 0.25) is 10.0 Å². The van der Waals surface area contributed by atoms with Gasteiger partial charge in [-0.25, -0.2) is 17.5 Å². The van der Waals surface area contributed by atoms with Crippen LogP contribution in [0.3, 0.4) is 0 Å². The number of alkyl halides is 1. The second-order valence-corrected chi connectivity index (χ2v) is 11.0. The van der Waals surface area contributed by atoms with Crippen molar-refractivity contribution in [2.45, 2.75) is 19.5 Å². The van der Waals surface area contributed by atoms with Gasteiger partial charge in [0.25, 0.3) is 5.56 Å². The number of halogens is 1. The topological polar surface area (TPSA) is 88.3 Å². The summed E-state index contributed by atoms with van der Waals surface area (Å²) in [5.41, 5.74) is -0.531. The van der Waals surface area contributed by atoms with Gasteiger partial charge < -0.3 is 9.72 Å². The van der Waals surface area contributed by atoms with Crippen molar-refractivity contribution < 1.29 is 17.5 Å². The molecule has 2 unspecified atom stereocenters. The number of thiophene rings is 1. The molecule has 1 aromatic carbocycles. The molecule has 32 heavy (non-hydrogen) atoms. The summed E-state index contributed by atoms with van der Waals surface area (Å²) in [4.78, 5) is 15.5. The van der Waals surface area contributed by atoms with E-state index in [0.29, 0.717) is 32.3 Å². The van der Waals surface area contributed by atoms with E-state index in [1.165, 1.54) is 24.5 Å². The smallest absolute Gasteiger partial charge is 0.266 e. The molecule has 0 amide bonds. The molecule has 3 aromatic rings. The van der Waals surface area contributed by atoms with Crippen LogP contribution < -0.4 is 15.0 Å². The van der Waals surface area contributed by atoms with Crippen molar-refractivity contribution in [3.05, 3.63) is 63.3 Å². The SMILES string of the molecule is COc1cc(C)c2[nH]c(=O)c3sccc3c2c1C1(F)C=CC=CC1[C@@H](C)CNS(C)(=O)=O. The van der Waals surface area contributed by atoms with Gasteiger partial charge in [-0.15, -0.1) is 11.3 Å². The number of rotatable bonds is 6. The van der Waals surface area contributed by atoms with Gasteiger partial charge in [-0.1, -0.05) is 25.2 Å². The molecule has 2 heterocycles. The molecule has 2 N–H and O–H groups in total. The second-order valence-electron chi connectivity index (χ2n) is 8.27. The maximum absolute atomic E-state index is 17.2. The average molecular weight is 477 g/mol. The number of methoxy groups -OCH3 is 1. The van der Waals surface area contributed by atoms with E-state index in [0.717, 1.165) is 11.8 Å². The highest BCUT2D eigenvalue weighted by Crippen LogP contribution is 2.50. The van der Waals surface area contributed by atoms with E-state index in [4.69, 9.17) is 4.74 Å². The zero-order valence-corrected chi connectivity index (χ0v) is 19.9. The molecular weight excluding hydrogens is 451 g/mol. The summed E-state index contributed by atoms with van der Waals surface area (Å²) in [5, 5.41) is 3.09. The molecule has 4 rings (SSSR count). The fourth-order valence-corrected chi connectivity index (χ4v) is 5.87. The van der Waals surface area contributed by atoms with Crippen LogP contribution in [0, 0.1) is 18.8 Å². The van der Waals surface area contributed by atoms with Crippen molar-refractivity contribution in [2.24, 2.45) is 11.8 Å². The summed E-state index contributed by atoms with van der Waals surface area (Å²) in [7, 11) is -1.92. The van der Waals surface area contributed by atoms with Gasteiger partial charge in [-0.2, -0.15) is 0 Å². The van der Waals surface area contributed by atoms with Crippen LogP contribution in [0.1, 0.15) is 18.1 Å². The summed E-state index contributed by atoms with van der Waals surface area (Å²) >= 11 is 1.30. The minimum Gasteiger partial charge on any atom is -0.496 e. The van der Waals surface area contributed by atoms with Gasteiger partial charge in [0.15, 0.2) is 5.67 Å². The quantitative estimate of drug-likeness (QED) is 0.559. The minimum atomic E-state index is -3.42. The summed E-state index contributed by atoms with van der Waals surface area (Å²) < 4.78 is 49.1. The number of nitrogens with one attached hydrogen (secondary N) is 2. The molecule has 0 bridgehead atoms. The highest BCUT2D eigenvalue weighted by atomic mass is 32.2. The molecule has 0 spiro atoms. The van der Waals surface area contributed by atoms with Crippen molar-refractivity contribution in [2.75, 3.05) is 19.9 Å². The number of benzene rings is 1. The first-order valence-electron chi connectivity index (χ1n) is 10.2. The lowest BCUT2D eigenvalue weighted by atomic mass is 9.72. The lowest BCUT2D eigenvalue weighted by molar-refractivity contribution is 0.124. The molecule has 0 fully saturated rings. The van der Waals surface area contributed by atoms with Gasteiger partial charge in [0.1, 0.15) is 10.4 Å². The van der Waals surface area contributed by atoms with Crippen LogP contribution in [-0.4, -0.2) is 33.3 Å². The molecule has 0 aliphatic heterocycles. The Hall–Kier alpha value is -2.49. The highest BCUT2D eigenvalue weighted by molar-refractivity contribution is 7.88. The third kappa shape index (κ3) is 3.78. The largest absolute Gasteiger partial charge is 0.496 e. The lowest BCUT2D eigenvalue weighted by Gasteiger charge is -2.37. The van der Waals surface area contributed by atoms with Crippen LogP contribution in [0.2, 0.25) is 0 Å². The number of fused-ring (bicyclic) bond motifs is 3. The van der Waals surface area contributed by atoms with Crippen LogP contribution in [0.5, 0.6) is 5.75 Å². The van der Waals surface area contributed by atoms with Gasteiger partial charge in [0, 0.05) is 28.8 Å². The summed E-state index contributed by atoms with van der Waals surface area (Å²) in [6, 6.07) is 3.56. The zero-order chi connectivity index (χ0) is 23.3. The Labute approximate surface area is 189 Å². The van der Waals surface area contributed by atoms with Crippen LogP contribution in [-0.2, 0) is 15.7 Å². The maximum atomic E-state index is 17.2. The first-order chi connectivity index (χ1) is 15.1. The Kier molecular flexibility index (Phi) is 5.77. The third-order valence-electron chi connectivity index (χ3n) is 6.00. The van der Waals surface area contributed by atoms with E-state index < -0.39 is 21.6 Å². The minimum absolute atomic E-state index is 0.0875. The number of aromatic amines is 1. The molecule has 3 atom stereocenters. The van der Waals surface area contributed by atoms with Gasteiger partial charge in [0.05, 0.1) is 18.9 Å². The number of hydrogen-bond donors (Lipinski definition) is 2. The molecule has 170 valence electrons. The number of ether oxygens (including phenoxy) is 1. The van der Waals surface area contributed by atoms with Crippen molar-refractivity contribution in [1.82, 2.24) is 9.71 Å². The van der Waals surface area contributed by atoms with Crippen molar-refractivity contribution in [3.63, 3.8) is 0 Å². The molecule has 6 nitrogen and oxygen atoms in total. The molecule has 1 aliphatic rings. The number of allylic oxidation sites excluding steroid dienone is 4. The third-order valence-corrected chi connectivity index (χ3v) is 7.61. The zero-order valence-electron chi connectivity index (χ0n) is 18.2. The van der Waals surface area contributed by atoms with E-state index in [1.54, 1.807) is 24.3 Å². The Bertz CT molecular complexity index is 1420. The predicted molar refractivity (Wildman–Crippen MR) is 128 cm³/mol. The lowest BCUT2D eigenvalue weighted by Crippen LogP contribution is -2.39. The van der Waals surface area contributed by atoms with E-state index >= 15 is 4.39 Å². The monoisotopic (exact) mass is 476 g/mol. The summed E-state index contributed by atoms with van der Waals surface area (Å²) in [6.07, 6.45) is 7.75. The first kappa shape index (κ1) is 22.7. The summed E-state index contributed by atoms with van der Waals surface area (Å²) in [6.45, 7) is 3.75. The van der Waals surface area contributed by atoms with Gasteiger partial charge in [-0.3, -0.25) is 4.79 Å². The Morgan fingerprint density at radius 3 is 2.81 bits per heavy atom. The fourth-order valence-electron chi connectivity index (χ4n) is 4.50. The van der Waals surface area contributed by atoms with Crippen molar-refractivity contribution in [1.29, 1.82) is 0 Å². The molecule has 0 radical (unpaired) electrons. The predicted octanol–water partition coefficient (Wildman–Crippen LogP) is 4.15. The van der Waals surface area contributed by atoms with E-state index in [2.05, 4.69) is 9.71 Å². The number of aryl methyl sites for hydroxylation is 1. The van der Waals surface area contributed by atoms with E-state index in [-0.39, 0.29) is 18.0 Å². The standard InChI is InChI=1S/C23H25FN2O4S2/c1-13-11-17(30-3)19(18-15-8-10-31-21(15)22(27)26-20(13)18)23(24)9-6-5-7-16(23)14(2)12-25-32(4,28)29/h5-11,14,16,25H,12H2,1-4H3,(H,26,27)/t14-,16?,23?/m0/s1. The van der Waals surface area contributed by atoms with Gasteiger partial charge in [-0.05, 0) is 42.0 Å². The molecule has 0 saturated carbocycles. The molecule has 2 aromatic heterocycles. The van der Waals surface area contributed by atoms with Crippen molar-refractivity contribution >= 4 is 42.3 Å². The Morgan fingerprint density at radius 2 is 2.12 bits per heavy atom.